The summed E-state index contributed by atoms with van der Waals surface area (Å²) in [5.41, 5.74) is 4.17. The van der Waals surface area contributed by atoms with Crippen molar-refractivity contribution in [2.24, 2.45) is 0 Å². The van der Waals surface area contributed by atoms with Crippen molar-refractivity contribution in [3.63, 3.8) is 0 Å². The fourth-order valence-electron chi connectivity index (χ4n) is 2.39. The summed E-state index contributed by atoms with van der Waals surface area (Å²) in [6, 6.07) is 6.16. The van der Waals surface area contributed by atoms with Crippen LogP contribution in [0.15, 0.2) is 18.2 Å². The van der Waals surface area contributed by atoms with Gasteiger partial charge in [-0.3, -0.25) is 4.79 Å². The molecule has 0 spiro atoms. The van der Waals surface area contributed by atoms with Crippen molar-refractivity contribution >= 4 is 16.7 Å². The number of carbonyl (C=O) groups is 1. The second-order valence-corrected chi connectivity index (χ2v) is 4.52. The molecule has 1 aromatic heterocycles. The molecule has 0 aliphatic carbocycles. The number of aromatic nitrogens is 1. The zero-order valence-electron chi connectivity index (χ0n) is 11.3. The SMILES string of the molecule is CCNCC(=O)c1c(C)[nH]c2c(CC)cccc12. The maximum Gasteiger partial charge on any atom is 0.179 e. The minimum atomic E-state index is 0.161. The summed E-state index contributed by atoms with van der Waals surface area (Å²) in [4.78, 5) is 15.6. The number of hydrogen-bond acceptors (Lipinski definition) is 2. The van der Waals surface area contributed by atoms with E-state index in [0.717, 1.165) is 35.1 Å². The summed E-state index contributed by atoms with van der Waals surface area (Å²) >= 11 is 0. The number of rotatable bonds is 5. The Morgan fingerprint density at radius 1 is 1.33 bits per heavy atom. The lowest BCUT2D eigenvalue weighted by Gasteiger charge is -2.02. The van der Waals surface area contributed by atoms with Crippen molar-refractivity contribution in [3.05, 3.63) is 35.0 Å². The lowest BCUT2D eigenvalue weighted by molar-refractivity contribution is 0.0993. The van der Waals surface area contributed by atoms with E-state index in [9.17, 15) is 4.79 Å². The number of carbonyl (C=O) groups excluding carboxylic acids is 1. The zero-order valence-corrected chi connectivity index (χ0v) is 11.3. The molecular formula is C15H20N2O. The van der Waals surface area contributed by atoms with E-state index in [1.807, 2.05) is 26.0 Å². The molecule has 2 rings (SSSR count). The average molecular weight is 244 g/mol. The van der Waals surface area contributed by atoms with Gasteiger partial charge in [-0.2, -0.15) is 0 Å². The van der Waals surface area contributed by atoms with Gasteiger partial charge in [0, 0.05) is 22.2 Å². The highest BCUT2D eigenvalue weighted by molar-refractivity contribution is 6.10. The highest BCUT2D eigenvalue weighted by Gasteiger charge is 2.16. The molecule has 3 nitrogen and oxygen atoms in total. The Labute approximate surface area is 108 Å². The number of aryl methyl sites for hydroxylation is 2. The molecule has 96 valence electrons. The molecule has 2 aromatic rings. The van der Waals surface area contributed by atoms with Crippen LogP contribution in [0.2, 0.25) is 0 Å². The Kier molecular flexibility index (Phi) is 3.82. The van der Waals surface area contributed by atoms with E-state index in [2.05, 4.69) is 23.3 Å². The fraction of sp³-hybridized carbons (Fsp3) is 0.400. The molecule has 0 unspecified atom stereocenters. The number of para-hydroxylation sites is 1. The van der Waals surface area contributed by atoms with Crippen molar-refractivity contribution in [1.29, 1.82) is 0 Å². The summed E-state index contributed by atoms with van der Waals surface area (Å²) in [7, 11) is 0. The second-order valence-electron chi connectivity index (χ2n) is 4.52. The number of H-pyrrole nitrogens is 1. The molecule has 0 atom stereocenters. The Morgan fingerprint density at radius 2 is 2.11 bits per heavy atom. The number of likely N-dealkylation sites (N-methyl/N-ethyl adjacent to an activating group) is 1. The molecule has 0 fully saturated rings. The molecule has 0 bridgehead atoms. The lowest BCUT2D eigenvalue weighted by atomic mass is 10.0. The van der Waals surface area contributed by atoms with Crippen molar-refractivity contribution < 1.29 is 4.79 Å². The Hall–Kier alpha value is -1.61. The average Bonchev–Trinajstić information content (AvgIpc) is 2.71. The van der Waals surface area contributed by atoms with Gasteiger partial charge in [-0.15, -0.1) is 0 Å². The third kappa shape index (κ3) is 2.18. The molecule has 0 aliphatic heterocycles. The lowest BCUT2D eigenvalue weighted by Crippen LogP contribution is -2.22. The molecule has 1 aromatic carbocycles. The molecule has 1 heterocycles. The highest BCUT2D eigenvalue weighted by Crippen LogP contribution is 2.25. The highest BCUT2D eigenvalue weighted by atomic mass is 16.1. The molecule has 0 amide bonds. The van der Waals surface area contributed by atoms with Crippen LogP contribution in [0.3, 0.4) is 0 Å². The largest absolute Gasteiger partial charge is 0.358 e. The Morgan fingerprint density at radius 3 is 2.78 bits per heavy atom. The number of fused-ring (bicyclic) bond motifs is 1. The topological polar surface area (TPSA) is 44.9 Å². The Balaban J connectivity index is 2.51. The molecule has 0 radical (unpaired) electrons. The predicted molar refractivity (Wildman–Crippen MR) is 75.3 cm³/mol. The zero-order chi connectivity index (χ0) is 13.1. The first-order chi connectivity index (χ1) is 8.69. The van der Waals surface area contributed by atoms with Crippen LogP contribution in [-0.4, -0.2) is 23.9 Å². The van der Waals surface area contributed by atoms with Crippen molar-refractivity contribution in [2.45, 2.75) is 27.2 Å². The van der Waals surface area contributed by atoms with Crippen LogP contribution in [0.5, 0.6) is 0 Å². The van der Waals surface area contributed by atoms with Gasteiger partial charge in [0.25, 0.3) is 0 Å². The van der Waals surface area contributed by atoms with E-state index in [4.69, 9.17) is 0 Å². The van der Waals surface area contributed by atoms with Gasteiger partial charge in [0.05, 0.1) is 6.54 Å². The minimum absolute atomic E-state index is 0.161. The third-order valence-corrected chi connectivity index (χ3v) is 3.30. The van der Waals surface area contributed by atoms with E-state index in [-0.39, 0.29) is 5.78 Å². The monoisotopic (exact) mass is 244 g/mol. The maximum absolute atomic E-state index is 12.2. The van der Waals surface area contributed by atoms with Crippen LogP contribution in [0.25, 0.3) is 10.9 Å². The quantitative estimate of drug-likeness (QED) is 0.794. The van der Waals surface area contributed by atoms with Crippen molar-refractivity contribution in [3.8, 4) is 0 Å². The number of aromatic amines is 1. The minimum Gasteiger partial charge on any atom is -0.358 e. The van der Waals surface area contributed by atoms with Gasteiger partial charge < -0.3 is 10.3 Å². The molecular weight excluding hydrogens is 224 g/mol. The van der Waals surface area contributed by atoms with E-state index >= 15 is 0 Å². The predicted octanol–water partition coefficient (Wildman–Crippen LogP) is 2.83. The van der Waals surface area contributed by atoms with Crippen LogP contribution in [-0.2, 0) is 6.42 Å². The standard InChI is InChI=1S/C15H20N2O/c1-4-11-7-6-8-12-14(10(3)17-15(11)12)13(18)9-16-5-2/h6-8,16-17H,4-5,9H2,1-3H3. The summed E-state index contributed by atoms with van der Waals surface area (Å²) in [6.07, 6.45) is 0.970. The molecule has 3 heteroatoms. The van der Waals surface area contributed by atoms with Crippen LogP contribution in [0.4, 0.5) is 0 Å². The normalized spacial score (nSPS) is 11.1. The van der Waals surface area contributed by atoms with E-state index in [0.29, 0.717) is 6.54 Å². The van der Waals surface area contributed by atoms with Gasteiger partial charge in [0.1, 0.15) is 0 Å². The first-order valence-corrected chi connectivity index (χ1v) is 6.53. The molecule has 0 aliphatic rings. The van der Waals surface area contributed by atoms with Crippen LogP contribution in [0, 0.1) is 6.92 Å². The van der Waals surface area contributed by atoms with Crippen LogP contribution < -0.4 is 5.32 Å². The van der Waals surface area contributed by atoms with Crippen LogP contribution >= 0.6 is 0 Å². The fourth-order valence-corrected chi connectivity index (χ4v) is 2.39. The van der Waals surface area contributed by atoms with Gasteiger partial charge >= 0.3 is 0 Å². The number of hydrogen-bond donors (Lipinski definition) is 2. The van der Waals surface area contributed by atoms with Gasteiger partial charge in [0.15, 0.2) is 5.78 Å². The second kappa shape index (κ2) is 5.36. The van der Waals surface area contributed by atoms with Gasteiger partial charge in [-0.05, 0) is 25.5 Å². The smallest absolute Gasteiger partial charge is 0.179 e. The number of ketones is 1. The van der Waals surface area contributed by atoms with Crippen molar-refractivity contribution in [1.82, 2.24) is 10.3 Å². The molecule has 0 saturated heterocycles. The number of nitrogens with one attached hydrogen (secondary N) is 2. The summed E-state index contributed by atoms with van der Waals surface area (Å²) in [6.45, 7) is 7.32. The molecule has 0 saturated carbocycles. The van der Waals surface area contributed by atoms with Gasteiger partial charge in [0.2, 0.25) is 0 Å². The maximum atomic E-state index is 12.2. The van der Waals surface area contributed by atoms with Gasteiger partial charge in [-0.1, -0.05) is 32.0 Å². The summed E-state index contributed by atoms with van der Waals surface area (Å²) in [5.74, 6) is 0.161. The third-order valence-electron chi connectivity index (χ3n) is 3.30. The van der Waals surface area contributed by atoms with Crippen LogP contribution in [0.1, 0.15) is 35.5 Å². The van der Waals surface area contributed by atoms with E-state index in [1.54, 1.807) is 0 Å². The van der Waals surface area contributed by atoms with Crippen molar-refractivity contribution in [2.75, 3.05) is 13.1 Å². The first-order valence-electron chi connectivity index (χ1n) is 6.53. The Bertz CT molecular complexity index is 569. The van der Waals surface area contributed by atoms with E-state index < -0.39 is 0 Å². The number of benzene rings is 1. The molecule has 2 N–H and O–H groups in total. The summed E-state index contributed by atoms with van der Waals surface area (Å²) < 4.78 is 0. The number of Topliss-reactive ketones (excluding diaryl/α,β-unsaturated/α-hetero) is 1. The summed E-state index contributed by atoms with van der Waals surface area (Å²) in [5, 5.41) is 4.14. The first kappa shape index (κ1) is 12.8. The molecule has 18 heavy (non-hydrogen) atoms. The van der Waals surface area contributed by atoms with E-state index in [1.165, 1.54) is 5.56 Å². The van der Waals surface area contributed by atoms with Gasteiger partial charge in [-0.25, -0.2) is 0 Å².